The van der Waals surface area contributed by atoms with Gasteiger partial charge in [-0.3, -0.25) is 4.79 Å². The number of rotatable bonds is 8. The summed E-state index contributed by atoms with van der Waals surface area (Å²) in [5.41, 5.74) is 6.24. The Morgan fingerprint density at radius 2 is 1.88 bits per heavy atom. The van der Waals surface area contributed by atoms with E-state index in [1.807, 2.05) is 6.92 Å². The fourth-order valence-electron chi connectivity index (χ4n) is 2.43. The smallest absolute Gasteiger partial charge is 0.251 e. The molecule has 0 aromatic heterocycles. The summed E-state index contributed by atoms with van der Waals surface area (Å²) in [6.07, 6.45) is 0.488. The summed E-state index contributed by atoms with van der Waals surface area (Å²) >= 11 is 0. The largest absolute Gasteiger partial charge is 0.351 e. The lowest BCUT2D eigenvalue weighted by molar-refractivity contribution is 0.0954. The summed E-state index contributed by atoms with van der Waals surface area (Å²) in [6.45, 7) is 2.42. The summed E-state index contributed by atoms with van der Waals surface area (Å²) in [5, 5.41) is 2.60. The Kier molecular flexibility index (Phi) is 6.84. The summed E-state index contributed by atoms with van der Waals surface area (Å²) in [6, 6.07) is 10.9. The van der Waals surface area contributed by atoms with Crippen molar-refractivity contribution in [2.24, 2.45) is 5.73 Å². The first-order valence-corrected chi connectivity index (χ1v) is 9.72. The topological polar surface area (TPSA) is 101 Å². The fraction of sp³-hybridized carbons (Fsp3) is 0.278. The molecular weight excluding hydrogens is 357 g/mol. The molecule has 0 aliphatic rings. The first kappa shape index (κ1) is 20.0. The van der Waals surface area contributed by atoms with Crippen LogP contribution in [0.4, 0.5) is 4.39 Å². The second-order valence-corrected chi connectivity index (χ2v) is 7.42. The Labute approximate surface area is 152 Å². The highest BCUT2D eigenvalue weighted by Gasteiger charge is 2.21. The molecule has 2 aromatic carbocycles. The van der Waals surface area contributed by atoms with Gasteiger partial charge in [0, 0.05) is 24.7 Å². The zero-order valence-electron chi connectivity index (χ0n) is 14.4. The Morgan fingerprint density at radius 1 is 1.19 bits per heavy atom. The standard InChI is InChI=1S/C18H22FN3O3S/c1-2-17(13-6-8-15(19)9-7-13)22-26(24,25)16-5-3-4-14(12-16)18(23)21-11-10-20/h3-9,12,17,22H,2,10-11,20H2,1H3,(H,21,23)/t17-/m1/s1. The van der Waals surface area contributed by atoms with Gasteiger partial charge in [0.25, 0.3) is 5.91 Å². The van der Waals surface area contributed by atoms with Crippen molar-refractivity contribution in [3.8, 4) is 0 Å². The van der Waals surface area contributed by atoms with E-state index in [0.717, 1.165) is 0 Å². The van der Waals surface area contributed by atoms with E-state index < -0.39 is 22.0 Å². The van der Waals surface area contributed by atoms with Crippen LogP contribution in [0.25, 0.3) is 0 Å². The van der Waals surface area contributed by atoms with Gasteiger partial charge in [0.2, 0.25) is 10.0 Å². The monoisotopic (exact) mass is 379 g/mol. The van der Waals surface area contributed by atoms with Crippen LogP contribution in [0.5, 0.6) is 0 Å². The van der Waals surface area contributed by atoms with Gasteiger partial charge in [-0.1, -0.05) is 25.1 Å². The molecule has 0 aliphatic heterocycles. The first-order chi connectivity index (χ1) is 12.4. The van der Waals surface area contributed by atoms with Crippen molar-refractivity contribution in [1.29, 1.82) is 0 Å². The fourth-order valence-corrected chi connectivity index (χ4v) is 3.78. The summed E-state index contributed by atoms with van der Waals surface area (Å²) in [7, 11) is -3.85. The molecule has 2 rings (SSSR count). The molecule has 26 heavy (non-hydrogen) atoms. The number of halogens is 1. The van der Waals surface area contributed by atoms with Crippen molar-refractivity contribution in [3.63, 3.8) is 0 Å². The van der Waals surface area contributed by atoms with Gasteiger partial charge in [0.1, 0.15) is 5.82 Å². The van der Waals surface area contributed by atoms with Gasteiger partial charge < -0.3 is 11.1 Å². The first-order valence-electron chi connectivity index (χ1n) is 8.23. The third-order valence-corrected chi connectivity index (χ3v) is 5.28. The molecule has 0 aliphatic carbocycles. The average Bonchev–Trinajstić information content (AvgIpc) is 2.65. The minimum atomic E-state index is -3.85. The number of carbonyl (C=O) groups excluding carboxylic acids is 1. The number of nitrogens with one attached hydrogen (secondary N) is 2. The van der Waals surface area contributed by atoms with Crippen LogP contribution in [0.3, 0.4) is 0 Å². The molecule has 0 spiro atoms. The zero-order valence-corrected chi connectivity index (χ0v) is 15.2. The van der Waals surface area contributed by atoms with Gasteiger partial charge in [0.05, 0.1) is 4.90 Å². The molecule has 0 bridgehead atoms. The number of hydrogen-bond acceptors (Lipinski definition) is 4. The normalized spacial score (nSPS) is 12.6. The quantitative estimate of drug-likeness (QED) is 0.652. The molecule has 4 N–H and O–H groups in total. The van der Waals surface area contributed by atoms with Crippen LogP contribution in [0.2, 0.25) is 0 Å². The van der Waals surface area contributed by atoms with Gasteiger partial charge in [-0.25, -0.2) is 17.5 Å². The van der Waals surface area contributed by atoms with E-state index in [2.05, 4.69) is 10.0 Å². The number of nitrogens with two attached hydrogens (primary N) is 1. The van der Waals surface area contributed by atoms with Crippen molar-refractivity contribution in [3.05, 3.63) is 65.5 Å². The molecule has 0 heterocycles. The molecule has 0 fully saturated rings. The molecule has 0 saturated carbocycles. The SMILES string of the molecule is CC[C@@H](NS(=O)(=O)c1cccc(C(=O)NCCN)c1)c1ccc(F)cc1. The second-order valence-electron chi connectivity index (χ2n) is 5.71. The molecular formula is C18H22FN3O3S. The molecule has 0 radical (unpaired) electrons. The predicted molar refractivity (Wildman–Crippen MR) is 97.6 cm³/mol. The van der Waals surface area contributed by atoms with Crippen LogP contribution in [-0.4, -0.2) is 27.4 Å². The predicted octanol–water partition coefficient (Wildman–Crippen LogP) is 1.94. The van der Waals surface area contributed by atoms with Crippen LogP contribution in [0.1, 0.15) is 35.3 Å². The lowest BCUT2D eigenvalue weighted by Gasteiger charge is -2.18. The van der Waals surface area contributed by atoms with Gasteiger partial charge in [-0.05, 0) is 42.3 Å². The zero-order chi connectivity index (χ0) is 19.2. The van der Waals surface area contributed by atoms with Crippen molar-refractivity contribution in [1.82, 2.24) is 10.0 Å². The Balaban J connectivity index is 2.23. The molecule has 6 nitrogen and oxygen atoms in total. The van der Waals surface area contributed by atoms with Crippen LogP contribution in [0, 0.1) is 5.82 Å². The molecule has 8 heteroatoms. The number of amides is 1. The minimum absolute atomic E-state index is 0.0153. The van der Waals surface area contributed by atoms with Crippen LogP contribution >= 0.6 is 0 Å². The molecule has 2 aromatic rings. The minimum Gasteiger partial charge on any atom is -0.351 e. The lowest BCUT2D eigenvalue weighted by atomic mass is 10.1. The Morgan fingerprint density at radius 3 is 2.50 bits per heavy atom. The number of benzene rings is 2. The highest BCUT2D eigenvalue weighted by Crippen LogP contribution is 2.21. The maximum Gasteiger partial charge on any atom is 0.251 e. The number of sulfonamides is 1. The van der Waals surface area contributed by atoms with Gasteiger partial charge in [-0.2, -0.15) is 0 Å². The van der Waals surface area contributed by atoms with Gasteiger partial charge in [-0.15, -0.1) is 0 Å². The average molecular weight is 379 g/mol. The molecule has 0 unspecified atom stereocenters. The highest BCUT2D eigenvalue weighted by molar-refractivity contribution is 7.89. The Bertz CT molecular complexity index is 854. The number of carbonyl (C=O) groups is 1. The molecule has 0 saturated heterocycles. The lowest BCUT2D eigenvalue weighted by Crippen LogP contribution is -2.30. The summed E-state index contributed by atoms with van der Waals surface area (Å²) in [4.78, 5) is 12.0. The van der Waals surface area contributed by atoms with E-state index in [1.54, 1.807) is 12.1 Å². The number of hydrogen-bond donors (Lipinski definition) is 3. The van der Waals surface area contributed by atoms with Crippen LogP contribution in [-0.2, 0) is 10.0 Å². The van der Waals surface area contributed by atoms with Gasteiger partial charge >= 0.3 is 0 Å². The third kappa shape index (κ3) is 5.10. The Hall–Kier alpha value is -2.29. The molecule has 1 amide bonds. The van der Waals surface area contributed by atoms with E-state index in [0.29, 0.717) is 25.1 Å². The second kappa shape index (κ2) is 8.88. The summed E-state index contributed by atoms with van der Waals surface area (Å²) < 4.78 is 41.1. The maximum atomic E-state index is 13.1. The van der Waals surface area contributed by atoms with Crippen LogP contribution < -0.4 is 15.8 Å². The molecule has 1 atom stereocenters. The van der Waals surface area contributed by atoms with E-state index in [-0.39, 0.29) is 16.3 Å². The van der Waals surface area contributed by atoms with Crippen molar-refractivity contribution in [2.75, 3.05) is 13.1 Å². The van der Waals surface area contributed by atoms with Crippen molar-refractivity contribution in [2.45, 2.75) is 24.3 Å². The highest BCUT2D eigenvalue weighted by atomic mass is 32.2. The van der Waals surface area contributed by atoms with E-state index >= 15 is 0 Å². The maximum absolute atomic E-state index is 13.1. The van der Waals surface area contributed by atoms with Gasteiger partial charge in [0.15, 0.2) is 0 Å². The van der Waals surface area contributed by atoms with Crippen molar-refractivity contribution < 1.29 is 17.6 Å². The van der Waals surface area contributed by atoms with Crippen LogP contribution in [0.15, 0.2) is 53.4 Å². The molecule has 140 valence electrons. The van der Waals surface area contributed by atoms with Crippen molar-refractivity contribution >= 4 is 15.9 Å². The third-order valence-electron chi connectivity index (χ3n) is 3.81. The van der Waals surface area contributed by atoms with E-state index in [9.17, 15) is 17.6 Å². The van der Waals surface area contributed by atoms with E-state index in [4.69, 9.17) is 5.73 Å². The van der Waals surface area contributed by atoms with E-state index in [1.165, 1.54) is 36.4 Å². The summed E-state index contributed by atoms with van der Waals surface area (Å²) in [5.74, 6) is -0.777.